The van der Waals surface area contributed by atoms with Gasteiger partial charge in [-0.1, -0.05) is 30.3 Å². The van der Waals surface area contributed by atoms with E-state index in [1.54, 1.807) is 24.3 Å². The Balaban J connectivity index is 1.79. The number of Topliss-reactive ketones (excluding diaryl/α,β-unsaturated/α-hetero) is 1. The fourth-order valence-electron chi connectivity index (χ4n) is 2.13. The minimum absolute atomic E-state index is 0.0450. The lowest BCUT2D eigenvalue weighted by atomic mass is 10.0. The quantitative estimate of drug-likeness (QED) is 0.396. The maximum Gasteiger partial charge on any atom is 0.264 e. The summed E-state index contributed by atoms with van der Waals surface area (Å²) in [5.74, 6) is 0.637. The van der Waals surface area contributed by atoms with Crippen LogP contribution >= 0.6 is 0 Å². The van der Waals surface area contributed by atoms with Crippen molar-refractivity contribution in [2.45, 2.75) is 12.8 Å². The van der Waals surface area contributed by atoms with E-state index < -0.39 is 10.1 Å². The summed E-state index contributed by atoms with van der Waals surface area (Å²) in [6.45, 7) is 0.0744. The van der Waals surface area contributed by atoms with Gasteiger partial charge in [0.25, 0.3) is 10.1 Å². The highest BCUT2D eigenvalue weighted by atomic mass is 32.2. The second kappa shape index (κ2) is 8.61. The standard InChI is InChI=1S/C18H20O5S/c1-24(20,21)23-14-13-22-17-10-8-16(9-11-17)18(19)12-7-15-5-3-2-4-6-15/h2-6,8-11H,7,12-14H2,1H3. The Kier molecular flexibility index (Phi) is 6.52. The number of carbonyl (C=O) groups excluding carboxylic acids is 1. The van der Waals surface area contributed by atoms with Crippen LogP contribution in [0.1, 0.15) is 22.3 Å². The predicted molar refractivity (Wildman–Crippen MR) is 91.8 cm³/mol. The van der Waals surface area contributed by atoms with Crippen LogP contribution in [0.4, 0.5) is 0 Å². The van der Waals surface area contributed by atoms with Gasteiger partial charge in [0.1, 0.15) is 19.0 Å². The molecule has 0 saturated heterocycles. The molecule has 0 saturated carbocycles. The summed E-state index contributed by atoms with van der Waals surface area (Å²) in [6.07, 6.45) is 2.15. The fraction of sp³-hybridized carbons (Fsp3) is 0.278. The average Bonchev–Trinajstić information content (AvgIpc) is 2.57. The monoisotopic (exact) mass is 348 g/mol. The molecular weight excluding hydrogens is 328 g/mol. The summed E-state index contributed by atoms with van der Waals surface area (Å²) in [5.41, 5.74) is 1.77. The molecule has 0 unspecified atom stereocenters. The molecule has 0 aliphatic carbocycles. The first-order chi connectivity index (χ1) is 11.4. The Morgan fingerprint density at radius 2 is 1.62 bits per heavy atom. The highest BCUT2D eigenvalue weighted by Crippen LogP contribution is 2.14. The van der Waals surface area contributed by atoms with Gasteiger partial charge in [-0.25, -0.2) is 0 Å². The van der Waals surface area contributed by atoms with E-state index in [-0.39, 0.29) is 19.0 Å². The third-order valence-corrected chi connectivity index (χ3v) is 3.90. The van der Waals surface area contributed by atoms with Crippen LogP contribution in [0.2, 0.25) is 0 Å². The lowest BCUT2D eigenvalue weighted by Crippen LogP contribution is -2.11. The van der Waals surface area contributed by atoms with Crippen molar-refractivity contribution in [1.82, 2.24) is 0 Å². The first kappa shape index (κ1) is 18.2. The molecule has 5 nitrogen and oxygen atoms in total. The topological polar surface area (TPSA) is 69.7 Å². The fourth-order valence-corrected chi connectivity index (χ4v) is 2.50. The molecule has 0 aliphatic heterocycles. The maximum absolute atomic E-state index is 12.2. The van der Waals surface area contributed by atoms with Crippen molar-refractivity contribution in [3.8, 4) is 5.75 Å². The third kappa shape index (κ3) is 6.52. The van der Waals surface area contributed by atoms with Crippen LogP contribution in [-0.4, -0.2) is 33.7 Å². The lowest BCUT2D eigenvalue weighted by Gasteiger charge is -2.07. The van der Waals surface area contributed by atoms with Gasteiger partial charge in [0, 0.05) is 12.0 Å². The summed E-state index contributed by atoms with van der Waals surface area (Å²) in [5, 5.41) is 0. The highest BCUT2D eigenvalue weighted by molar-refractivity contribution is 7.85. The molecule has 2 aromatic rings. The highest BCUT2D eigenvalue weighted by Gasteiger charge is 2.07. The molecule has 0 N–H and O–H groups in total. The molecule has 24 heavy (non-hydrogen) atoms. The summed E-state index contributed by atoms with van der Waals surface area (Å²) >= 11 is 0. The van der Waals surface area contributed by atoms with Crippen LogP contribution in [-0.2, 0) is 20.7 Å². The van der Waals surface area contributed by atoms with Gasteiger partial charge in [0.15, 0.2) is 5.78 Å². The van der Waals surface area contributed by atoms with Crippen molar-refractivity contribution in [2.75, 3.05) is 19.5 Å². The van der Waals surface area contributed by atoms with Crippen LogP contribution in [0.25, 0.3) is 0 Å². The smallest absolute Gasteiger partial charge is 0.264 e. The van der Waals surface area contributed by atoms with Gasteiger partial charge in [-0.3, -0.25) is 8.98 Å². The molecule has 2 rings (SSSR count). The normalized spacial score (nSPS) is 11.2. The van der Waals surface area contributed by atoms with E-state index in [1.165, 1.54) is 0 Å². The molecule has 0 spiro atoms. The average molecular weight is 348 g/mol. The zero-order valence-electron chi connectivity index (χ0n) is 13.5. The number of hydrogen-bond donors (Lipinski definition) is 0. The molecule has 0 bridgehead atoms. The first-order valence-electron chi connectivity index (χ1n) is 7.58. The largest absolute Gasteiger partial charge is 0.491 e. The van der Waals surface area contributed by atoms with Crippen LogP contribution in [0.3, 0.4) is 0 Å². The molecule has 0 radical (unpaired) electrons. The van der Waals surface area contributed by atoms with Gasteiger partial charge >= 0.3 is 0 Å². The number of ketones is 1. The Morgan fingerprint density at radius 1 is 0.958 bits per heavy atom. The van der Waals surface area contributed by atoms with Gasteiger partial charge < -0.3 is 4.74 Å². The molecular formula is C18H20O5S. The van der Waals surface area contributed by atoms with Crippen molar-refractivity contribution in [3.05, 3.63) is 65.7 Å². The van der Waals surface area contributed by atoms with Crippen LogP contribution in [0.15, 0.2) is 54.6 Å². The van der Waals surface area contributed by atoms with E-state index in [1.807, 2.05) is 30.3 Å². The van der Waals surface area contributed by atoms with Gasteiger partial charge in [0.05, 0.1) is 6.26 Å². The predicted octanol–water partition coefficient (Wildman–Crippen LogP) is 2.86. The Hall–Kier alpha value is -2.18. The van der Waals surface area contributed by atoms with E-state index >= 15 is 0 Å². The zero-order chi connectivity index (χ0) is 17.4. The van der Waals surface area contributed by atoms with E-state index in [2.05, 4.69) is 4.18 Å². The van der Waals surface area contributed by atoms with Crippen LogP contribution in [0, 0.1) is 0 Å². The van der Waals surface area contributed by atoms with Gasteiger partial charge in [-0.05, 0) is 36.2 Å². The molecule has 0 fully saturated rings. The second-order valence-corrected chi connectivity index (χ2v) is 6.95. The molecule has 0 aromatic heterocycles. The van der Waals surface area contributed by atoms with Crippen molar-refractivity contribution in [1.29, 1.82) is 0 Å². The maximum atomic E-state index is 12.2. The van der Waals surface area contributed by atoms with Gasteiger partial charge in [-0.15, -0.1) is 0 Å². The number of carbonyl (C=O) groups is 1. The van der Waals surface area contributed by atoms with E-state index in [9.17, 15) is 13.2 Å². The van der Waals surface area contributed by atoms with Crippen LogP contribution in [0.5, 0.6) is 5.75 Å². The molecule has 0 heterocycles. The number of ether oxygens (including phenoxy) is 1. The van der Waals surface area contributed by atoms with Crippen molar-refractivity contribution in [3.63, 3.8) is 0 Å². The van der Waals surface area contributed by atoms with E-state index in [0.29, 0.717) is 24.2 Å². The van der Waals surface area contributed by atoms with Crippen LogP contribution < -0.4 is 4.74 Å². The second-order valence-electron chi connectivity index (χ2n) is 5.31. The number of hydrogen-bond acceptors (Lipinski definition) is 5. The number of rotatable bonds is 9. The minimum atomic E-state index is -3.45. The Labute approximate surface area is 142 Å². The Bertz CT molecular complexity index is 752. The first-order valence-corrected chi connectivity index (χ1v) is 9.40. The Morgan fingerprint density at radius 3 is 2.25 bits per heavy atom. The summed E-state index contributed by atoms with van der Waals surface area (Å²) in [7, 11) is -3.45. The molecule has 2 aromatic carbocycles. The summed E-state index contributed by atoms with van der Waals surface area (Å²) < 4.78 is 31.6. The minimum Gasteiger partial charge on any atom is -0.491 e. The van der Waals surface area contributed by atoms with E-state index in [4.69, 9.17) is 4.74 Å². The van der Waals surface area contributed by atoms with Gasteiger partial charge in [0.2, 0.25) is 0 Å². The van der Waals surface area contributed by atoms with Crippen molar-refractivity contribution in [2.24, 2.45) is 0 Å². The molecule has 6 heteroatoms. The molecule has 128 valence electrons. The van der Waals surface area contributed by atoms with Gasteiger partial charge in [-0.2, -0.15) is 8.42 Å². The third-order valence-electron chi connectivity index (χ3n) is 3.31. The number of aryl methyl sites for hydroxylation is 1. The van der Waals surface area contributed by atoms with E-state index in [0.717, 1.165) is 11.8 Å². The van der Waals surface area contributed by atoms with Crippen molar-refractivity contribution >= 4 is 15.9 Å². The summed E-state index contributed by atoms with van der Waals surface area (Å²) in [4.78, 5) is 12.2. The molecule has 0 atom stereocenters. The summed E-state index contributed by atoms with van der Waals surface area (Å²) in [6, 6.07) is 16.7. The zero-order valence-corrected chi connectivity index (χ0v) is 14.3. The molecule has 0 amide bonds. The molecule has 0 aliphatic rings. The van der Waals surface area contributed by atoms with Crippen molar-refractivity contribution < 1.29 is 22.1 Å². The number of benzene rings is 2. The lowest BCUT2D eigenvalue weighted by molar-refractivity contribution is 0.0982. The SMILES string of the molecule is CS(=O)(=O)OCCOc1ccc(C(=O)CCc2ccccc2)cc1.